The van der Waals surface area contributed by atoms with E-state index in [1.807, 2.05) is 25.1 Å². The fourth-order valence-electron chi connectivity index (χ4n) is 13.1. The first-order chi connectivity index (χ1) is 55.6. The van der Waals surface area contributed by atoms with E-state index in [1.54, 1.807) is 36.4 Å². The minimum atomic E-state index is -1.83. The number of aryl methyl sites for hydroxylation is 1. The number of amides is 14. The highest BCUT2D eigenvalue weighted by Gasteiger charge is 2.38. The maximum absolute atomic E-state index is 14.8. The molecular formula is C81H137N19O16. The number of benzene rings is 2. The molecule has 35 heteroatoms. The van der Waals surface area contributed by atoms with Gasteiger partial charge in [-0.25, -0.2) is 0 Å². The third-order valence-corrected chi connectivity index (χ3v) is 19.9. The van der Waals surface area contributed by atoms with E-state index in [-0.39, 0.29) is 102 Å². The van der Waals surface area contributed by atoms with Gasteiger partial charge in [-0.05, 0) is 148 Å². The molecule has 652 valence electrons. The monoisotopic (exact) mass is 1630 g/mol. The molecule has 0 aliphatic carbocycles. The molecule has 0 bridgehead atoms. The molecule has 13 atom stereocenters. The molecule has 0 aromatic heterocycles. The van der Waals surface area contributed by atoms with Crippen LogP contribution in [0.2, 0.25) is 0 Å². The molecule has 2 aromatic rings. The van der Waals surface area contributed by atoms with Crippen molar-refractivity contribution in [1.82, 2.24) is 74.4 Å². The summed E-state index contributed by atoms with van der Waals surface area (Å²) in [6.07, 6.45) is 9.52. The van der Waals surface area contributed by atoms with Gasteiger partial charge in [0.1, 0.15) is 66.5 Å². The van der Waals surface area contributed by atoms with E-state index in [4.69, 9.17) is 28.7 Å². The van der Waals surface area contributed by atoms with Crippen molar-refractivity contribution in [3.63, 3.8) is 0 Å². The zero-order valence-electron chi connectivity index (χ0n) is 68.9. The number of aliphatic hydroxyl groups excluding tert-OH is 2. The van der Waals surface area contributed by atoms with Gasteiger partial charge < -0.3 is 113 Å². The molecule has 116 heavy (non-hydrogen) atoms. The molecule has 1 heterocycles. The Labute approximate surface area is 683 Å². The zero-order valence-corrected chi connectivity index (χ0v) is 68.9. The van der Waals surface area contributed by atoms with Crippen LogP contribution in [0.4, 0.5) is 0 Å². The molecule has 1 aliphatic heterocycles. The number of aliphatic hydroxyl groups is 2. The minimum absolute atomic E-state index is 0.0604. The lowest BCUT2D eigenvalue weighted by Crippen LogP contribution is -2.62. The fourth-order valence-corrected chi connectivity index (χ4v) is 13.1. The van der Waals surface area contributed by atoms with Crippen LogP contribution in [0.5, 0.6) is 0 Å². The molecule has 3 rings (SSSR count). The lowest BCUT2D eigenvalue weighted by molar-refractivity contribution is -0.137. The minimum Gasteiger partial charge on any atom is -0.391 e. The number of nitrogens with one attached hydrogen (secondary N) is 14. The van der Waals surface area contributed by atoms with E-state index in [0.29, 0.717) is 75.6 Å². The summed E-state index contributed by atoms with van der Waals surface area (Å²) < 4.78 is 0. The third-order valence-electron chi connectivity index (χ3n) is 19.9. The average molecular weight is 1630 g/mol. The Balaban J connectivity index is 1.90. The Bertz CT molecular complexity index is 3360. The van der Waals surface area contributed by atoms with Crippen LogP contribution < -0.4 is 103 Å². The van der Waals surface area contributed by atoms with Crippen LogP contribution >= 0.6 is 0 Å². The van der Waals surface area contributed by atoms with Crippen molar-refractivity contribution in [2.75, 3.05) is 52.4 Å². The van der Waals surface area contributed by atoms with Gasteiger partial charge in [-0.3, -0.25) is 67.1 Å². The van der Waals surface area contributed by atoms with E-state index in [9.17, 15) is 77.3 Å². The predicted molar refractivity (Wildman–Crippen MR) is 440 cm³/mol. The molecule has 1 saturated heterocycles. The first-order valence-electron chi connectivity index (χ1n) is 41.8. The van der Waals surface area contributed by atoms with Gasteiger partial charge in [0.15, 0.2) is 0 Å². The topological polar surface area (TPSA) is 578 Å². The van der Waals surface area contributed by atoms with Crippen LogP contribution in [0.3, 0.4) is 0 Å². The zero-order chi connectivity index (χ0) is 85.7. The molecule has 0 unspecified atom stereocenters. The van der Waals surface area contributed by atoms with E-state index >= 15 is 0 Å². The molecule has 26 N–H and O–H groups in total. The van der Waals surface area contributed by atoms with Crippen LogP contribution in [-0.4, -0.2) is 224 Å². The molecule has 35 nitrogen and oxygen atoms in total. The van der Waals surface area contributed by atoms with Crippen molar-refractivity contribution in [1.29, 1.82) is 0 Å². The third kappa shape index (κ3) is 40.1. The fraction of sp³-hybridized carbons (Fsp3) is 0.679. The molecule has 1 aliphatic rings. The quantitative estimate of drug-likeness (QED) is 0.0356. The smallest absolute Gasteiger partial charge is 0.251 e. The number of unbranched alkanes of at least 4 members (excludes halogenated alkanes) is 14. The summed E-state index contributed by atoms with van der Waals surface area (Å²) in [6, 6.07) is -0.610. The van der Waals surface area contributed by atoms with Crippen molar-refractivity contribution in [3.8, 4) is 0 Å². The summed E-state index contributed by atoms with van der Waals surface area (Å²) in [5.74, 6) is -11.0. The Morgan fingerprint density at radius 3 is 1.46 bits per heavy atom. The van der Waals surface area contributed by atoms with Gasteiger partial charge in [0.05, 0.1) is 12.2 Å². The number of hydrogen-bond acceptors (Lipinski definition) is 21. The summed E-state index contributed by atoms with van der Waals surface area (Å²) in [6.45, 7) is 7.90. The SMILES string of the molecule is CCCCCCCC[C@H](NC(=O)CCCCCNC(=O)CCCCCNC(=O)c1cccc(C)c1)C(=O)N[C@@H](CCN)C(=O)N[C@H](C(=O)N[C@@H](CCN)C(=O)N[C@H]1CCNC(=O)[C@H]([C@@H](C)O)NC(=O)[C@H](CCN)NC(=O)[C@H](CCN)NC(=O)[C@H](CCCCCCCC)NC(=O)[C@@H](Cc2ccccc2)NC(=O)[C@H](CCN)NC1=O)[C@@H](C)O. The second-order valence-electron chi connectivity index (χ2n) is 29.9. The van der Waals surface area contributed by atoms with Gasteiger partial charge in [-0.15, -0.1) is 0 Å². The summed E-state index contributed by atoms with van der Waals surface area (Å²) in [4.78, 5) is 197. The lowest BCUT2D eigenvalue weighted by Gasteiger charge is -2.29. The summed E-state index contributed by atoms with van der Waals surface area (Å²) in [5.41, 5.74) is 32.1. The van der Waals surface area contributed by atoms with Crippen LogP contribution in [-0.2, 0) is 68.7 Å². The largest absolute Gasteiger partial charge is 0.391 e. The van der Waals surface area contributed by atoms with E-state index in [2.05, 4.69) is 88.3 Å². The van der Waals surface area contributed by atoms with Crippen LogP contribution in [0.1, 0.15) is 229 Å². The number of nitrogens with two attached hydrogens (primary N) is 5. The van der Waals surface area contributed by atoms with Crippen LogP contribution in [0, 0.1) is 6.92 Å². The van der Waals surface area contributed by atoms with Gasteiger partial charge in [0, 0.05) is 44.5 Å². The number of rotatable bonds is 50. The lowest BCUT2D eigenvalue weighted by atomic mass is 10.0. The van der Waals surface area contributed by atoms with Crippen LogP contribution in [0.15, 0.2) is 54.6 Å². The van der Waals surface area contributed by atoms with Crippen molar-refractivity contribution in [2.24, 2.45) is 28.7 Å². The van der Waals surface area contributed by atoms with E-state index < -0.39 is 163 Å². The van der Waals surface area contributed by atoms with E-state index in [1.165, 1.54) is 13.8 Å². The molecule has 14 amide bonds. The summed E-state index contributed by atoms with van der Waals surface area (Å²) >= 11 is 0. The van der Waals surface area contributed by atoms with Crippen LogP contribution in [0.25, 0.3) is 0 Å². The number of hydrogen-bond donors (Lipinski definition) is 21. The van der Waals surface area contributed by atoms with Gasteiger partial charge >= 0.3 is 0 Å². The normalized spacial score (nSPS) is 19.7. The highest BCUT2D eigenvalue weighted by molar-refractivity contribution is 6.00. The van der Waals surface area contributed by atoms with Gasteiger partial charge in [-0.2, -0.15) is 0 Å². The first kappa shape index (κ1) is 101. The highest BCUT2D eigenvalue weighted by Crippen LogP contribution is 2.16. The van der Waals surface area contributed by atoms with Gasteiger partial charge in [0.2, 0.25) is 76.8 Å². The van der Waals surface area contributed by atoms with Crippen molar-refractivity contribution in [3.05, 3.63) is 71.3 Å². The summed E-state index contributed by atoms with van der Waals surface area (Å²) in [5, 5.41) is 59.2. The standard InChI is InChI=1S/C81H137N19O16/c1-6-8-10-12-14-21-32-57(90-67(104)35-24-18-25-47-87-66(103)34-23-17-26-48-88-70(105)56-31-27-28-52(3)50-56)71(106)94-63(40-46-86)78(113)100-69(54(5)102)81(116)97-61(38-44-84)74(109)96-64-41-49-89-80(115)68(53(4)101)99-77(112)62(39-45-85)95-73(108)59(36-42-82)92-72(107)58(33-22-15-13-11-9-7-2)91-79(114)65(51-55-29-19-16-20-30-55)98-75(110)60(37-43-83)93-76(64)111/h16,19-20,27-31,50,53-54,57-65,68-69,101-102H,6-15,17-18,21-26,32-49,51,82-86H2,1-5H3,(H,87,103)(H,88,105)(H,89,115)(H,90,104)(H,91,114)(H,92,107)(H,93,111)(H,94,106)(H,95,108)(H,96,109)(H,97,116)(H,98,110)(H,99,112)(H,100,113)/t53-,54-,57+,58+,59+,60+,61+,62+,63+,64+,65-,68+,69+/m1/s1. The Morgan fingerprint density at radius 2 is 0.914 bits per heavy atom. The maximum Gasteiger partial charge on any atom is 0.251 e. The highest BCUT2D eigenvalue weighted by atomic mass is 16.3. The summed E-state index contributed by atoms with van der Waals surface area (Å²) in [7, 11) is 0. The van der Waals surface area contributed by atoms with Gasteiger partial charge in [0.25, 0.3) is 5.91 Å². The second-order valence-corrected chi connectivity index (χ2v) is 29.9. The number of carbonyl (C=O) groups excluding carboxylic acids is 14. The average Bonchev–Trinajstić information content (AvgIpc) is 1.01. The second kappa shape index (κ2) is 58.6. The maximum atomic E-state index is 14.8. The molecule has 0 spiro atoms. The Kier molecular flexibility index (Phi) is 51.0. The molecule has 1 fully saturated rings. The molecule has 0 saturated carbocycles. The first-order valence-corrected chi connectivity index (χ1v) is 41.8. The van der Waals surface area contributed by atoms with Crippen molar-refractivity contribution < 1.29 is 77.3 Å². The predicted octanol–water partition coefficient (Wildman–Crippen LogP) is -0.936. The van der Waals surface area contributed by atoms with Gasteiger partial charge in [-0.1, -0.05) is 152 Å². The van der Waals surface area contributed by atoms with E-state index in [0.717, 1.165) is 76.2 Å². The Hall–Kier alpha value is -9.26. The molecular weight excluding hydrogens is 1500 g/mol. The molecule has 0 radical (unpaired) electrons. The van der Waals surface area contributed by atoms with Crippen molar-refractivity contribution in [2.45, 2.75) is 299 Å². The van der Waals surface area contributed by atoms with Crippen molar-refractivity contribution >= 4 is 82.7 Å². The molecule has 2 aromatic carbocycles. The number of carbonyl (C=O) groups is 14. The Morgan fingerprint density at radius 1 is 0.448 bits per heavy atom.